The smallest absolute Gasteiger partial charge is 0.138 e. The summed E-state index contributed by atoms with van der Waals surface area (Å²) in [6.07, 6.45) is 2.50. The number of nitrogens with two attached hydrogens (primary N) is 1. The predicted molar refractivity (Wildman–Crippen MR) is 83.2 cm³/mol. The summed E-state index contributed by atoms with van der Waals surface area (Å²) in [6, 6.07) is 0.271. The highest BCUT2D eigenvalue weighted by atomic mass is 32.2. The van der Waals surface area contributed by atoms with E-state index in [-0.39, 0.29) is 6.04 Å². The number of hydrogen-bond donors (Lipinski definition) is 2. The van der Waals surface area contributed by atoms with E-state index >= 15 is 0 Å². The van der Waals surface area contributed by atoms with Crippen LogP contribution in [0.4, 0.5) is 0 Å². The van der Waals surface area contributed by atoms with Gasteiger partial charge in [-0.25, -0.2) is 9.67 Å². The van der Waals surface area contributed by atoms with Gasteiger partial charge in [0, 0.05) is 41.5 Å². The van der Waals surface area contributed by atoms with Crippen molar-refractivity contribution in [2.45, 2.75) is 38.1 Å². The van der Waals surface area contributed by atoms with Gasteiger partial charge >= 0.3 is 0 Å². The molecule has 1 aliphatic rings. The summed E-state index contributed by atoms with van der Waals surface area (Å²) in [7, 11) is 0. The van der Waals surface area contributed by atoms with Crippen LogP contribution >= 0.6 is 23.5 Å². The summed E-state index contributed by atoms with van der Waals surface area (Å²) in [5, 5.41) is 4.88. The lowest BCUT2D eigenvalue weighted by molar-refractivity contribution is 0.441. The number of thioether (sulfide) groups is 2. The maximum absolute atomic E-state index is 5.74. The molecule has 0 amide bonds. The molecule has 1 fully saturated rings. The zero-order valence-corrected chi connectivity index (χ0v) is 13.2. The van der Waals surface area contributed by atoms with Crippen molar-refractivity contribution >= 4 is 23.5 Å². The molecular weight excluding hydrogens is 278 g/mol. The van der Waals surface area contributed by atoms with Crippen LogP contribution in [0.2, 0.25) is 0 Å². The van der Waals surface area contributed by atoms with Crippen LogP contribution in [0, 0.1) is 5.92 Å². The number of nitrogens with zero attached hydrogens (tertiary/aromatic N) is 3. The second-order valence-electron chi connectivity index (χ2n) is 5.21. The molecule has 1 aromatic rings. The average Bonchev–Trinajstić information content (AvgIpc) is 2.83. The van der Waals surface area contributed by atoms with Gasteiger partial charge in [-0.3, -0.25) is 11.3 Å². The largest absolute Gasteiger partial charge is 0.271 e. The highest BCUT2D eigenvalue weighted by Gasteiger charge is 2.25. The third-order valence-corrected chi connectivity index (χ3v) is 6.06. The average molecular weight is 301 g/mol. The molecule has 2 atom stereocenters. The van der Waals surface area contributed by atoms with E-state index in [0.29, 0.717) is 11.2 Å². The fraction of sp³-hybridized carbons (Fsp3) is 0.833. The van der Waals surface area contributed by atoms with Crippen molar-refractivity contribution in [1.29, 1.82) is 0 Å². The van der Waals surface area contributed by atoms with Crippen LogP contribution in [0.25, 0.3) is 0 Å². The van der Waals surface area contributed by atoms with Crippen LogP contribution in [-0.2, 0) is 13.0 Å². The Kier molecular flexibility index (Phi) is 6.00. The Morgan fingerprint density at radius 2 is 2.37 bits per heavy atom. The molecule has 2 heterocycles. The minimum Gasteiger partial charge on any atom is -0.271 e. The molecule has 1 saturated heterocycles. The Morgan fingerprint density at radius 3 is 3.00 bits per heavy atom. The van der Waals surface area contributed by atoms with Gasteiger partial charge in [0.2, 0.25) is 0 Å². The second-order valence-corrected chi connectivity index (χ2v) is 7.71. The lowest BCUT2D eigenvalue weighted by Crippen LogP contribution is -2.46. The van der Waals surface area contributed by atoms with Gasteiger partial charge in [-0.1, -0.05) is 13.8 Å². The van der Waals surface area contributed by atoms with Crippen molar-refractivity contribution in [2.24, 2.45) is 11.8 Å². The fourth-order valence-corrected chi connectivity index (χ4v) is 5.05. The molecule has 0 spiro atoms. The molecule has 1 aromatic heterocycles. The maximum Gasteiger partial charge on any atom is 0.138 e. The molecule has 3 N–H and O–H groups in total. The Hall–Kier alpha value is -0.240. The van der Waals surface area contributed by atoms with Crippen molar-refractivity contribution in [1.82, 2.24) is 20.2 Å². The predicted octanol–water partition coefficient (Wildman–Crippen LogP) is 1.16. The SMILES string of the molecule is CC(C)Cn1ncnc1CC(NN)C1CSCCS1. The summed E-state index contributed by atoms with van der Waals surface area (Å²) in [5.41, 5.74) is 2.98. The fourth-order valence-electron chi connectivity index (χ4n) is 2.18. The number of hydrogen-bond acceptors (Lipinski definition) is 6. The molecular formula is C12H23N5S2. The monoisotopic (exact) mass is 301 g/mol. The minimum atomic E-state index is 0.271. The molecule has 108 valence electrons. The van der Waals surface area contributed by atoms with Gasteiger partial charge in [-0.15, -0.1) is 0 Å². The summed E-state index contributed by atoms with van der Waals surface area (Å²) < 4.78 is 2.01. The lowest BCUT2D eigenvalue weighted by atomic mass is 10.1. The van der Waals surface area contributed by atoms with Crippen LogP contribution in [-0.4, -0.2) is 43.3 Å². The highest BCUT2D eigenvalue weighted by Crippen LogP contribution is 2.27. The van der Waals surface area contributed by atoms with Crippen LogP contribution < -0.4 is 11.3 Å². The number of nitrogens with one attached hydrogen (secondary N) is 1. The second kappa shape index (κ2) is 7.52. The van der Waals surface area contributed by atoms with E-state index in [0.717, 1.165) is 24.5 Å². The Labute approximate surface area is 123 Å². The van der Waals surface area contributed by atoms with E-state index in [9.17, 15) is 0 Å². The molecule has 2 rings (SSSR count). The van der Waals surface area contributed by atoms with Crippen molar-refractivity contribution < 1.29 is 0 Å². The normalized spacial score (nSPS) is 21.8. The first-order chi connectivity index (χ1) is 9.20. The number of hydrazine groups is 1. The van der Waals surface area contributed by atoms with Crippen LogP contribution in [0.1, 0.15) is 19.7 Å². The van der Waals surface area contributed by atoms with E-state index in [1.54, 1.807) is 6.33 Å². The molecule has 0 radical (unpaired) electrons. The Bertz CT molecular complexity index is 376. The lowest BCUT2D eigenvalue weighted by Gasteiger charge is -2.28. The summed E-state index contributed by atoms with van der Waals surface area (Å²) in [6.45, 7) is 5.30. The molecule has 0 aliphatic carbocycles. The summed E-state index contributed by atoms with van der Waals surface area (Å²) in [5.74, 6) is 11.0. The van der Waals surface area contributed by atoms with Crippen molar-refractivity contribution in [2.75, 3.05) is 17.3 Å². The number of rotatable bonds is 6. The van der Waals surface area contributed by atoms with Crippen molar-refractivity contribution in [3.63, 3.8) is 0 Å². The minimum absolute atomic E-state index is 0.271. The Balaban J connectivity index is 1.99. The third kappa shape index (κ3) is 4.37. The van der Waals surface area contributed by atoms with Crippen molar-refractivity contribution in [3.05, 3.63) is 12.2 Å². The van der Waals surface area contributed by atoms with Gasteiger partial charge in [-0.05, 0) is 5.92 Å². The van der Waals surface area contributed by atoms with Crippen LogP contribution in [0.5, 0.6) is 0 Å². The third-order valence-electron chi connectivity index (χ3n) is 3.14. The molecule has 0 aromatic carbocycles. The van der Waals surface area contributed by atoms with Gasteiger partial charge < -0.3 is 0 Å². The van der Waals surface area contributed by atoms with Gasteiger partial charge in [-0.2, -0.15) is 28.6 Å². The standard InChI is InChI=1S/C12H23N5S2/c1-9(2)6-17-12(14-8-15-17)5-10(16-13)11-7-18-3-4-19-11/h8-11,16H,3-7,13H2,1-2H3. The van der Waals surface area contributed by atoms with E-state index in [1.807, 2.05) is 28.2 Å². The topological polar surface area (TPSA) is 68.8 Å². The molecule has 0 saturated carbocycles. The quantitative estimate of drug-likeness (QED) is 0.607. The van der Waals surface area contributed by atoms with Crippen molar-refractivity contribution in [3.8, 4) is 0 Å². The molecule has 19 heavy (non-hydrogen) atoms. The first-order valence-electron chi connectivity index (χ1n) is 6.73. The summed E-state index contributed by atoms with van der Waals surface area (Å²) >= 11 is 4.03. The maximum atomic E-state index is 5.74. The van der Waals surface area contributed by atoms with E-state index < -0.39 is 0 Å². The van der Waals surface area contributed by atoms with Crippen LogP contribution in [0.3, 0.4) is 0 Å². The van der Waals surface area contributed by atoms with Crippen LogP contribution in [0.15, 0.2) is 6.33 Å². The molecule has 0 bridgehead atoms. The van der Waals surface area contributed by atoms with Gasteiger partial charge in [0.1, 0.15) is 12.2 Å². The van der Waals surface area contributed by atoms with Gasteiger partial charge in [0.15, 0.2) is 0 Å². The summed E-state index contributed by atoms with van der Waals surface area (Å²) in [4.78, 5) is 4.39. The molecule has 1 aliphatic heterocycles. The van der Waals surface area contributed by atoms with Gasteiger partial charge in [0.25, 0.3) is 0 Å². The number of aromatic nitrogens is 3. The highest BCUT2D eigenvalue weighted by molar-refractivity contribution is 8.06. The molecule has 2 unspecified atom stereocenters. The zero-order chi connectivity index (χ0) is 13.7. The van der Waals surface area contributed by atoms with Gasteiger partial charge in [0.05, 0.1) is 0 Å². The van der Waals surface area contributed by atoms with E-state index in [1.165, 1.54) is 11.5 Å². The molecule has 5 nitrogen and oxygen atoms in total. The van der Waals surface area contributed by atoms with E-state index in [4.69, 9.17) is 5.84 Å². The Morgan fingerprint density at radius 1 is 1.53 bits per heavy atom. The first-order valence-corrected chi connectivity index (χ1v) is 8.93. The zero-order valence-electron chi connectivity index (χ0n) is 11.6. The molecule has 7 heteroatoms. The van der Waals surface area contributed by atoms with E-state index in [2.05, 4.69) is 29.4 Å². The first kappa shape index (κ1) is 15.2.